The third-order valence-corrected chi connectivity index (χ3v) is 5.26. The molecule has 25 heavy (non-hydrogen) atoms. The van der Waals surface area contributed by atoms with Crippen LogP contribution >= 0.6 is 0 Å². The van der Waals surface area contributed by atoms with E-state index in [9.17, 15) is 14.0 Å². The second kappa shape index (κ2) is 8.45. The number of carbonyl (C=O) groups excluding carboxylic acids is 2. The summed E-state index contributed by atoms with van der Waals surface area (Å²) in [5, 5.41) is 2.95. The van der Waals surface area contributed by atoms with Crippen molar-refractivity contribution in [1.29, 1.82) is 0 Å². The van der Waals surface area contributed by atoms with Crippen LogP contribution in [0.1, 0.15) is 52.0 Å². The van der Waals surface area contributed by atoms with Crippen LogP contribution in [0.3, 0.4) is 0 Å². The summed E-state index contributed by atoms with van der Waals surface area (Å²) in [4.78, 5) is 27.2. The highest BCUT2D eigenvalue weighted by Gasteiger charge is 2.40. The summed E-state index contributed by atoms with van der Waals surface area (Å²) in [6, 6.07) is 6.11. The van der Waals surface area contributed by atoms with Gasteiger partial charge in [0.2, 0.25) is 11.8 Å². The fraction of sp³-hybridized carbons (Fsp3) is 0.600. The van der Waals surface area contributed by atoms with Crippen LogP contribution in [0.4, 0.5) is 4.39 Å². The molecular weight excluding hydrogens is 319 g/mol. The number of rotatable bonds is 6. The smallest absolute Gasteiger partial charge is 0.227 e. The maximum absolute atomic E-state index is 13.0. The van der Waals surface area contributed by atoms with E-state index in [1.807, 2.05) is 25.7 Å². The van der Waals surface area contributed by atoms with Gasteiger partial charge in [-0.15, -0.1) is 0 Å². The lowest BCUT2D eigenvalue weighted by Crippen LogP contribution is -2.52. The van der Waals surface area contributed by atoms with E-state index < -0.39 is 5.41 Å². The maximum atomic E-state index is 13.0. The Morgan fingerprint density at radius 2 is 1.88 bits per heavy atom. The molecule has 1 heterocycles. The quantitative estimate of drug-likeness (QED) is 0.855. The molecular formula is C20H29FN2O2. The Hall–Kier alpha value is -1.91. The van der Waals surface area contributed by atoms with Crippen LogP contribution in [-0.4, -0.2) is 29.8 Å². The van der Waals surface area contributed by atoms with Crippen LogP contribution in [0.2, 0.25) is 0 Å². The third-order valence-electron chi connectivity index (χ3n) is 5.26. The molecule has 1 unspecified atom stereocenters. The number of benzene rings is 1. The van der Waals surface area contributed by atoms with Crippen molar-refractivity contribution in [3.63, 3.8) is 0 Å². The first kappa shape index (κ1) is 19.4. The van der Waals surface area contributed by atoms with Gasteiger partial charge in [0.25, 0.3) is 0 Å². The minimum Gasteiger partial charge on any atom is -0.351 e. The second-order valence-corrected chi connectivity index (χ2v) is 7.25. The van der Waals surface area contributed by atoms with E-state index in [2.05, 4.69) is 5.32 Å². The molecule has 1 saturated heterocycles. The summed E-state index contributed by atoms with van der Waals surface area (Å²) in [6.45, 7) is 7.57. The Labute approximate surface area is 149 Å². The number of carbonyl (C=O) groups is 2. The van der Waals surface area contributed by atoms with Gasteiger partial charge in [-0.2, -0.15) is 0 Å². The van der Waals surface area contributed by atoms with Crippen LogP contribution in [0.25, 0.3) is 0 Å². The first-order chi connectivity index (χ1) is 11.9. The molecule has 1 fully saturated rings. The number of nitrogens with one attached hydrogen (secondary N) is 1. The van der Waals surface area contributed by atoms with Gasteiger partial charge in [-0.3, -0.25) is 9.59 Å². The van der Waals surface area contributed by atoms with E-state index in [0.717, 1.165) is 37.8 Å². The van der Waals surface area contributed by atoms with Crippen LogP contribution in [0.15, 0.2) is 24.3 Å². The number of hydrogen-bond donors (Lipinski definition) is 1. The molecule has 2 amide bonds. The summed E-state index contributed by atoms with van der Waals surface area (Å²) in [6.07, 6.45) is 3.28. The van der Waals surface area contributed by atoms with E-state index in [0.29, 0.717) is 13.1 Å². The highest BCUT2D eigenvalue weighted by molar-refractivity contribution is 5.84. The molecule has 1 atom stereocenters. The molecule has 1 aromatic carbocycles. The zero-order valence-corrected chi connectivity index (χ0v) is 15.5. The first-order valence-electron chi connectivity index (χ1n) is 9.21. The molecule has 1 aliphatic heterocycles. The Kier molecular flexibility index (Phi) is 6.57. The molecule has 1 N–H and O–H groups in total. The average molecular weight is 348 g/mol. The maximum Gasteiger partial charge on any atom is 0.227 e. The van der Waals surface area contributed by atoms with Crippen molar-refractivity contribution in [2.75, 3.05) is 13.1 Å². The average Bonchev–Trinajstić information content (AvgIpc) is 2.62. The Morgan fingerprint density at radius 1 is 1.24 bits per heavy atom. The number of hydrogen-bond acceptors (Lipinski definition) is 2. The fourth-order valence-electron chi connectivity index (χ4n) is 3.51. The number of likely N-dealkylation sites (tertiary alicyclic amines) is 1. The summed E-state index contributed by atoms with van der Waals surface area (Å²) in [5.74, 6) is -0.115. The molecule has 1 aromatic rings. The van der Waals surface area contributed by atoms with E-state index in [4.69, 9.17) is 0 Å². The van der Waals surface area contributed by atoms with Gasteiger partial charge in [-0.1, -0.05) is 26.0 Å². The normalized spacial score (nSPS) is 20.6. The van der Waals surface area contributed by atoms with Crippen molar-refractivity contribution in [3.8, 4) is 0 Å². The first-order valence-corrected chi connectivity index (χ1v) is 9.21. The van der Waals surface area contributed by atoms with Gasteiger partial charge < -0.3 is 10.2 Å². The molecule has 0 radical (unpaired) electrons. The zero-order chi connectivity index (χ0) is 18.4. The minimum absolute atomic E-state index is 0.0427. The molecule has 2 rings (SSSR count). The molecule has 4 nitrogen and oxygen atoms in total. The second-order valence-electron chi connectivity index (χ2n) is 7.25. The van der Waals surface area contributed by atoms with Gasteiger partial charge in [-0.05, 0) is 50.3 Å². The van der Waals surface area contributed by atoms with Crippen molar-refractivity contribution in [1.82, 2.24) is 10.2 Å². The van der Waals surface area contributed by atoms with Crippen LogP contribution in [-0.2, 0) is 16.1 Å². The van der Waals surface area contributed by atoms with Crippen molar-refractivity contribution in [2.45, 2.75) is 53.0 Å². The third kappa shape index (κ3) is 4.80. The van der Waals surface area contributed by atoms with Crippen molar-refractivity contribution >= 4 is 11.8 Å². The summed E-state index contributed by atoms with van der Waals surface area (Å²) >= 11 is 0. The van der Waals surface area contributed by atoms with Gasteiger partial charge >= 0.3 is 0 Å². The molecule has 0 aliphatic carbocycles. The highest BCUT2D eigenvalue weighted by Crippen LogP contribution is 2.31. The fourth-order valence-corrected chi connectivity index (χ4v) is 3.51. The molecule has 0 saturated carbocycles. The Bertz CT molecular complexity index is 598. The summed E-state index contributed by atoms with van der Waals surface area (Å²) in [5.41, 5.74) is 0.291. The van der Waals surface area contributed by atoms with E-state index in [-0.39, 0.29) is 23.5 Å². The lowest BCUT2D eigenvalue weighted by atomic mass is 9.80. The molecule has 0 bridgehead atoms. The zero-order valence-electron chi connectivity index (χ0n) is 15.5. The molecule has 0 aromatic heterocycles. The SMILES string of the molecule is CCC(CC)C(=O)N1CCCC(C)(C(=O)NCc2ccc(F)cc2)C1. The van der Waals surface area contributed by atoms with Gasteiger partial charge in [-0.25, -0.2) is 4.39 Å². The van der Waals surface area contributed by atoms with E-state index in [1.54, 1.807) is 12.1 Å². The predicted molar refractivity (Wildman–Crippen MR) is 96.2 cm³/mol. The van der Waals surface area contributed by atoms with Gasteiger partial charge in [0.15, 0.2) is 0 Å². The lowest BCUT2D eigenvalue weighted by Gasteiger charge is -2.40. The lowest BCUT2D eigenvalue weighted by molar-refractivity contribution is -0.143. The van der Waals surface area contributed by atoms with E-state index in [1.165, 1.54) is 12.1 Å². The van der Waals surface area contributed by atoms with Crippen LogP contribution in [0.5, 0.6) is 0 Å². The van der Waals surface area contributed by atoms with Crippen LogP contribution < -0.4 is 5.32 Å². The molecule has 1 aliphatic rings. The van der Waals surface area contributed by atoms with Crippen LogP contribution in [0, 0.1) is 17.2 Å². The summed E-state index contributed by atoms with van der Waals surface area (Å²) < 4.78 is 13.0. The monoisotopic (exact) mass is 348 g/mol. The van der Waals surface area contributed by atoms with Crippen molar-refractivity contribution in [2.24, 2.45) is 11.3 Å². The van der Waals surface area contributed by atoms with E-state index >= 15 is 0 Å². The van der Waals surface area contributed by atoms with Crippen molar-refractivity contribution < 1.29 is 14.0 Å². The highest BCUT2D eigenvalue weighted by atomic mass is 19.1. The summed E-state index contributed by atoms with van der Waals surface area (Å²) in [7, 11) is 0. The standard InChI is InChI=1S/C20H29FN2O2/c1-4-16(5-2)18(24)23-12-6-11-20(3,14-23)19(25)22-13-15-7-9-17(21)10-8-15/h7-10,16H,4-6,11-14H2,1-3H3,(H,22,25). The van der Waals surface area contributed by atoms with Gasteiger partial charge in [0.05, 0.1) is 5.41 Å². The van der Waals surface area contributed by atoms with Gasteiger partial charge in [0.1, 0.15) is 5.82 Å². The largest absolute Gasteiger partial charge is 0.351 e. The number of piperidine rings is 1. The van der Waals surface area contributed by atoms with Gasteiger partial charge in [0, 0.05) is 25.6 Å². The minimum atomic E-state index is -0.569. The molecule has 0 spiro atoms. The number of halogens is 1. The predicted octanol–water partition coefficient (Wildman–Crippen LogP) is 3.51. The topological polar surface area (TPSA) is 49.4 Å². The number of amides is 2. The molecule has 138 valence electrons. The Morgan fingerprint density at radius 3 is 2.48 bits per heavy atom. The number of nitrogens with zero attached hydrogens (tertiary/aromatic N) is 1. The Balaban J connectivity index is 1.97. The van der Waals surface area contributed by atoms with Crippen molar-refractivity contribution in [3.05, 3.63) is 35.6 Å². The molecule has 5 heteroatoms.